The first-order valence-electron chi connectivity index (χ1n) is 7.97. The van der Waals surface area contributed by atoms with E-state index >= 15 is 0 Å². The molecule has 0 amide bonds. The minimum absolute atomic E-state index is 0.429. The summed E-state index contributed by atoms with van der Waals surface area (Å²) in [5.74, 6) is 0.876. The number of rotatable bonds is 2. The topological polar surface area (TPSA) is 32.5 Å². The molecule has 104 valence electrons. The summed E-state index contributed by atoms with van der Waals surface area (Å²) in [6, 6.07) is 1.93. The minimum Gasteiger partial charge on any atom is -0.326 e. The van der Waals surface area contributed by atoms with E-state index in [1.165, 1.54) is 64.7 Å². The SMILES string of the molecule is CC1CCC(N)C(N2CCC(N3CCCC3)C2)C1. The lowest BCUT2D eigenvalue weighted by Crippen LogP contribution is -2.51. The van der Waals surface area contributed by atoms with Crippen LogP contribution in [0.25, 0.3) is 0 Å². The molecule has 4 atom stereocenters. The zero-order valence-corrected chi connectivity index (χ0v) is 11.9. The maximum Gasteiger partial charge on any atom is 0.0250 e. The summed E-state index contributed by atoms with van der Waals surface area (Å²) in [4.78, 5) is 5.43. The third kappa shape index (κ3) is 2.59. The van der Waals surface area contributed by atoms with E-state index in [1.54, 1.807) is 0 Å². The Balaban J connectivity index is 1.57. The van der Waals surface area contributed by atoms with Crippen LogP contribution in [0.15, 0.2) is 0 Å². The van der Waals surface area contributed by atoms with Crippen LogP contribution in [0.4, 0.5) is 0 Å². The van der Waals surface area contributed by atoms with Crippen molar-refractivity contribution in [2.24, 2.45) is 11.7 Å². The van der Waals surface area contributed by atoms with Gasteiger partial charge in [0.2, 0.25) is 0 Å². The van der Waals surface area contributed by atoms with Crippen LogP contribution in [-0.4, -0.2) is 54.1 Å². The van der Waals surface area contributed by atoms with Crippen LogP contribution in [0.5, 0.6) is 0 Å². The van der Waals surface area contributed by atoms with E-state index < -0.39 is 0 Å². The predicted molar refractivity (Wildman–Crippen MR) is 75.6 cm³/mol. The number of nitrogens with two attached hydrogens (primary N) is 1. The molecule has 0 radical (unpaired) electrons. The van der Waals surface area contributed by atoms with Crippen molar-refractivity contribution in [3.63, 3.8) is 0 Å². The summed E-state index contributed by atoms with van der Waals surface area (Å²) in [7, 11) is 0. The first-order chi connectivity index (χ1) is 8.74. The standard InChI is InChI=1S/C15H29N3/c1-12-4-5-14(16)15(10-12)18-9-6-13(11-18)17-7-2-3-8-17/h12-15H,2-11,16H2,1H3. The van der Waals surface area contributed by atoms with Crippen molar-refractivity contribution in [3.05, 3.63) is 0 Å². The van der Waals surface area contributed by atoms with E-state index in [2.05, 4.69) is 16.7 Å². The van der Waals surface area contributed by atoms with Crippen molar-refractivity contribution in [1.29, 1.82) is 0 Å². The van der Waals surface area contributed by atoms with Gasteiger partial charge in [0.15, 0.2) is 0 Å². The highest BCUT2D eigenvalue weighted by Gasteiger charge is 2.36. The minimum atomic E-state index is 0.429. The van der Waals surface area contributed by atoms with Gasteiger partial charge < -0.3 is 5.73 Å². The van der Waals surface area contributed by atoms with Crippen LogP contribution >= 0.6 is 0 Å². The summed E-state index contributed by atoms with van der Waals surface area (Å²) in [5, 5.41) is 0. The van der Waals surface area contributed by atoms with Gasteiger partial charge >= 0.3 is 0 Å². The van der Waals surface area contributed by atoms with Crippen LogP contribution in [0.3, 0.4) is 0 Å². The Bertz CT molecular complexity index is 275. The van der Waals surface area contributed by atoms with Crippen LogP contribution in [0.1, 0.15) is 45.4 Å². The number of likely N-dealkylation sites (tertiary alicyclic amines) is 2. The molecule has 2 aliphatic heterocycles. The summed E-state index contributed by atoms with van der Waals surface area (Å²) in [6.07, 6.45) is 8.09. The molecule has 0 aromatic heterocycles. The third-order valence-corrected chi connectivity index (χ3v) is 5.45. The Morgan fingerprint density at radius 1 is 0.944 bits per heavy atom. The Morgan fingerprint density at radius 3 is 2.50 bits per heavy atom. The maximum atomic E-state index is 6.36. The highest BCUT2D eigenvalue weighted by Crippen LogP contribution is 2.30. The molecule has 18 heavy (non-hydrogen) atoms. The van der Waals surface area contributed by atoms with Gasteiger partial charge in [-0.2, -0.15) is 0 Å². The lowest BCUT2D eigenvalue weighted by atomic mass is 9.83. The van der Waals surface area contributed by atoms with E-state index in [4.69, 9.17) is 5.73 Å². The quantitative estimate of drug-likeness (QED) is 0.810. The van der Waals surface area contributed by atoms with Crippen LogP contribution < -0.4 is 5.73 Å². The van der Waals surface area contributed by atoms with Gasteiger partial charge in [-0.1, -0.05) is 6.92 Å². The molecule has 1 aliphatic carbocycles. The Kier molecular flexibility index (Phi) is 3.92. The molecule has 3 nitrogen and oxygen atoms in total. The second-order valence-electron chi connectivity index (χ2n) is 6.83. The van der Waals surface area contributed by atoms with Gasteiger partial charge in [-0.3, -0.25) is 9.80 Å². The number of nitrogens with zero attached hydrogens (tertiary/aromatic N) is 2. The van der Waals surface area contributed by atoms with E-state index in [9.17, 15) is 0 Å². The second-order valence-corrected chi connectivity index (χ2v) is 6.83. The zero-order valence-electron chi connectivity index (χ0n) is 11.9. The van der Waals surface area contributed by atoms with Crippen molar-refractivity contribution < 1.29 is 0 Å². The van der Waals surface area contributed by atoms with Crippen molar-refractivity contribution in [1.82, 2.24) is 9.80 Å². The monoisotopic (exact) mass is 251 g/mol. The Morgan fingerprint density at radius 2 is 1.72 bits per heavy atom. The molecule has 2 saturated heterocycles. The van der Waals surface area contributed by atoms with Crippen molar-refractivity contribution in [2.45, 2.75) is 63.6 Å². The van der Waals surface area contributed by atoms with Gasteiger partial charge in [-0.05, 0) is 57.5 Å². The molecular weight excluding hydrogens is 222 g/mol. The van der Waals surface area contributed by atoms with Gasteiger partial charge in [0.05, 0.1) is 0 Å². The fourth-order valence-corrected chi connectivity index (χ4v) is 4.27. The van der Waals surface area contributed by atoms with Gasteiger partial charge in [-0.15, -0.1) is 0 Å². The molecule has 3 heteroatoms. The first-order valence-corrected chi connectivity index (χ1v) is 7.97. The van der Waals surface area contributed by atoms with Crippen molar-refractivity contribution in [2.75, 3.05) is 26.2 Å². The van der Waals surface area contributed by atoms with Crippen molar-refractivity contribution in [3.8, 4) is 0 Å². The molecule has 2 heterocycles. The zero-order chi connectivity index (χ0) is 12.5. The van der Waals surface area contributed by atoms with E-state index in [0.29, 0.717) is 12.1 Å². The molecule has 0 aromatic carbocycles. The van der Waals surface area contributed by atoms with Gasteiger partial charge in [0, 0.05) is 31.2 Å². The largest absolute Gasteiger partial charge is 0.326 e. The predicted octanol–water partition coefficient (Wildman–Crippen LogP) is 1.67. The lowest BCUT2D eigenvalue weighted by Gasteiger charge is -2.39. The summed E-state index contributed by atoms with van der Waals surface area (Å²) in [5.41, 5.74) is 6.36. The summed E-state index contributed by atoms with van der Waals surface area (Å²) in [6.45, 7) is 7.64. The smallest absolute Gasteiger partial charge is 0.0250 e. The summed E-state index contributed by atoms with van der Waals surface area (Å²) < 4.78 is 0. The molecule has 0 aromatic rings. The van der Waals surface area contributed by atoms with Gasteiger partial charge in [-0.25, -0.2) is 0 Å². The normalized spacial score (nSPS) is 43.7. The van der Waals surface area contributed by atoms with Crippen LogP contribution in [0, 0.1) is 5.92 Å². The third-order valence-electron chi connectivity index (χ3n) is 5.45. The number of hydrogen-bond acceptors (Lipinski definition) is 3. The Hall–Kier alpha value is -0.120. The fourth-order valence-electron chi connectivity index (χ4n) is 4.27. The highest BCUT2D eigenvalue weighted by atomic mass is 15.3. The molecule has 3 aliphatic rings. The van der Waals surface area contributed by atoms with Gasteiger partial charge in [0.1, 0.15) is 0 Å². The first kappa shape index (κ1) is 12.9. The lowest BCUT2D eigenvalue weighted by molar-refractivity contribution is 0.129. The average molecular weight is 251 g/mol. The molecule has 0 bridgehead atoms. The fraction of sp³-hybridized carbons (Fsp3) is 1.00. The molecule has 3 rings (SSSR count). The maximum absolute atomic E-state index is 6.36. The molecular formula is C15H29N3. The molecule has 0 spiro atoms. The molecule has 1 saturated carbocycles. The summed E-state index contributed by atoms with van der Waals surface area (Å²) >= 11 is 0. The molecule has 4 unspecified atom stereocenters. The van der Waals surface area contributed by atoms with Gasteiger partial charge in [0.25, 0.3) is 0 Å². The molecule has 2 N–H and O–H groups in total. The van der Waals surface area contributed by atoms with E-state index in [0.717, 1.165) is 12.0 Å². The van der Waals surface area contributed by atoms with E-state index in [-0.39, 0.29) is 0 Å². The Labute approximate surface area is 112 Å². The number of hydrogen-bond donors (Lipinski definition) is 1. The molecule has 3 fully saturated rings. The van der Waals surface area contributed by atoms with Crippen molar-refractivity contribution >= 4 is 0 Å². The van der Waals surface area contributed by atoms with E-state index in [1.807, 2.05) is 0 Å². The van der Waals surface area contributed by atoms with Crippen LogP contribution in [-0.2, 0) is 0 Å². The highest BCUT2D eigenvalue weighted by molar-refractivity contribution is 4.94. The second kappa shape index (κ2) is 5.48. The average Bonchev–Trinajstić information content (AvgIpc) is 3.00. The van der Waals surface area contributed by atoms with Crippen LogP contribution in [0.2, 0.25) is 0 Å².